The molecule has 0 saturated heterocycles. The molecular formula is C13H27NO. The zero-order valence-electron chi connectivity index (χ0n) is 10.9. The van der Waals surface area contributed by atoms with Gasteiger partial charge in [-0.25, -0.2) is 0 Å². The van der Waals surface area contributed by atoms with Crippen molar-refractivity contribution in [2.24, 2.45) is 5.41 Å². The maximum absolute atomic E-state index is 11.9. The van der Waals surface area contributed by atoms with E-state index in [2.05, 4.69) is 26.1 Å². The summed E-state index contributed by atoms with van der Waals surface area (Å²) in [7, 11) is 1.97. The largest absolute Gasteiger partial charge is 0.320 e. The molecule has 0 atom stereocenters. The van der Waals surface area contributed by atoms with E-state index in [0.29, 0.717) is 5.78 Å². The van der Waals surface area contributed by atoms with Crippen LogP contribution >= 0.6 is 0 Å². The second kappa shape index (κ2) is 7.86. The van der Waals surface area contributed by atoms with Crippen LogP contribution < -0.4 is 5.32 Å². The standard InChI is InChI=1S/C13H27NO/c1-5-10-13(2,3)12(15)9-7-6-8-11-14-4/h14H,5-11H2,1-4H3. The van der Waals surface area contributed by atoms with Crippen LogP contribution in [0.5, 0.6) is 0 Å². The van der Waals surface area contributed by atoms with Gasteiger partial charge < -0.3 is 5.32 Å². The molecule has 15 heavy (non-hydrogen) atoms. The Kier molecular flexibility index (Phi) is 7.67. The molecule has 2 heteroatoms. The summed E-state index contributed by atoms with van der Waals surface area (Å²) in [5.74, 6) is 0.439. The van der Waals surface area contributed by atoms with E-state index in [-0.39, 0.29) is 5.41 Å². The average Bonchev–Trinajstić information content (AvgIpc) is 2.17. The fraction of sp³-hybridized carbons (Fsp3) is 0.923. The van der Waals surface area contributed by atoms with E-state index in [1.807, 2.05) is 7.05 Å². The summed E-state index contributed by atoms with van der Waals surface area (Å²) < 4.78 is 0. The molecule has 0 aromatic rings. The van der Waals surface area contributed by atoms with Gasteiger partial charge >= 0.3 is 0 Å². The average molecular weight is 213 g/mol. The molecule has 2 nitrogen and oxygen atoms in total. The van der Waals surface area contributed by atoms with Crippen molar-refractivity contribution in [3.05, 3.63) is 0 Å². The normalized spacial score (nSPS) is 11.7. The highest BCUT2D eigenvalue weighted by molar-refractivity contribution is 5.83. The predicted molar refractivity (Wildman–Crippen MR) is 66.1 cm³/mol. The molecule has 0 spiro atoms. The Balaban J connectivity index is 3.64. The Morgan fingerprint density at radius 3 is 2.40 bits per heavy atom. The number of Topliss-reactive ketones (excluding diaryl/α,β-unsaturated/α-hetero) is 1. The van der Waals surface area contributed by atoms with Crippen molar-refractivity contribution in [2.45, 2.75) is 59.3 Å². The van der Waals surface area contributed by atoms with Gasteiger partial charge in [-0.05, 0) is 32.9 Å². The minimum atomic E-state index is -0.0994. The Bertz CT molecular complexity index is 175. The summed E-state index contributed by atoms with van der Waals surface area (Å²) >= 11 is 0. The van der Waals surface area contributed by atoms with Gasteiger partial charge in [0, 0.05) is 11.8 Å². The summed E-state index contributed by atoms with van der Waals surface area (Å²) in [6, 6.07) is 0. The zero-order chi connectivity index (χ0) is 11.7. The first-order valence-electron chi connectivity index (χ1n) is 6.22. The summed E-state index contributed by atoms with van der Waals surface area (Å²) in [5.41, 5.74) is -0.0994. The summed E-state index contributed by atoms with van der Waals surface area (Å²) in [5, 5.41) is 3.12. The van der Waals surface area contributed by atoms with Crippen molar-refractivity contribution in [3.8, 4) is 0 Å². The molecule has 0 aliphatic carbocycles. The first kappa shape index (κ1) is 14.6. The van der Waals surface area contributed by atoms with Gasteiger partial charge in [-0.1, -0.05) is 33.6 Å². The van der Waals surface area contributed by atoms with Crippen LogP contribution in [0.1, 0.15) is 59.3 Å². The van der Waals surface area contributed by atoms with Crippen molar-refractivity contribution < 1.29 is 4.79 Å². The maximum Gasteiger partial charge on any atom is 0.138 e. The third-order valence-electron chi connectivity index (χ3n) is 2.96. The van der Waals surface area contributed by atoms with Gasteiger partial charge in [-0.15, -0.1) is 0 Å². The van der Waals surface area contributed by atoms with Crippen LogP contribution in [-0.4, -0.2) is 19.4 Å². The molecule has 0 aromatic heterocycles. The lowest BCUT2D eigenvalue weighted by atomic mass is 9.81. The van der Waals surface area contributed by atoms with Gasteiger partial charge in [-0.3, -0.25) is 4.79 Å². The number of rotatable bonds is 9. The smallest absolute Gasteiger partial charge is 0.138 e. The summed E-state index contributed by atoms with van der Waals surface area (Å²) in [6.45, 7) is 7.35. The van der Waals surface area contributed by atoms with Gasteiger partial charge in [0.25, 0.3) is 0 Å². The van der Waals surface area contributed by atoms with Crippen LogP contribution in [-0.2, 0) is 4.79 Å². The van der Waals surface area contributed by atoms with E-state index in [9.17, 15) is 4.79 Å². The lowest BCUT2D eigenvalue weighted by Gasteiger charge is -2.22. The number of ketones is 1. The number of nitrogens with one attached hydrogen (secondary N) is 1. The summed E-state index contributed by atoms with van der Waals surface area (Å²) in [6.07, 6.45) is 6.26. The van der Waals surface area contributed by atoms with Gasteiger partial charge in [0.2, 0.25) is 0 Å². The molecular weight excluding hydrogens is 186 g/mol. The number of hydrogen-bond acceptors (Lipinski definition) is 2. The van der Waals surface area contributed by atoms with Gasteiger partial charge in [0.05, 0.1) is 0 Å². The minimum absolute atomic E-state index is 0.0994. The maximum atomic E-state index is 11.9. The van der Waals surface area contributed by atoms with Gasteiger partial charge in [-0.2, -0.15) is 0 Å². The second-order valence-corrected chi connectivity index (χ2v) is 4.97. The molecule has 0 aliphatic rings. The van der Waals surface area contributed by atoms with Crippen LogP contribution in [0, 0.1) is 5.41 Å². The molecule has 0 fully saturated rings. The number of carbonyl (C=O) groups is 1. The van der Waals surface area contributed by atoms with Crippen molar-refractivity contribution in [1.29, 1.82) is 0 Å². The third kappa shape index (κ3) is 6.67. The summed E-state index contributed by atoms with van der Waals surface area (Å²) in [4.78, 5) is 11.9. The Hall–Kier alpha value is -0.370. The first-order valence-corrected chi connectivity index (χ1v) is 6.22. The molecule has 90 valence electrons. The monoisotopic (exact) mass is 213 g/mol. The minimum Gasteiger partial charge on any atom is -0.320 e. The van der Waals surface area contributed by atoms with Crippen LogP contribution in [0.15, 0.2) is 0 Å². The Morgan fingerprint density at radius 1 is 1.20 bits per heavy atom. The highest BCUT2D eigenvalue weighted by atomic mass is 16.1. The SMILES string of the molecule is CCCC(C)(C)C(=O)CCCCCNC. The van der Waals surface area contributed by atoms with Crippen LogP contribution in [0.3, 0.4) is 0 Å². The molecule has 0 rings (SSSR count). The highest BCUT2D eigenvalue weighted by Crippen LogP contribution is 2.25. The Labute approximate surface area is 94.8 Å². The van der Waals surface area contributed by atoms with Crippen LogP contribution in [0.25, 0.3) is 0 Å². The second-order valence-electron chi connectivity index (χ2n) is 4.97. The fourth-order valence-corrected chi connectivity index (χ4v) is 1.87. The van der Waals surface area contributed by atoms with E-state index in [1.165, 1.54) is 6.42 Å². The van der Waals surface area contributed by atoms with Crippen molar-refractivity contribution in [2.75, 3.05) is 13.6 Å². The predicted octanol–water partition coefficient (Wildman–Crippen LogP) is 3.16. The van der Waals surface area contributed by atoms with E-state index in [1.54, 1.807) is 0 Å². The van der Waals surface area contributed by atoms with Crippen LogP contribution in [0.4, 0.5) is 0 Å². The van der Waals surface area contributed by atoms with Crippen molar-refractivity contribution in [1.82, 2.24) is 5.32 Å². The molecule has 0 unspecified atom stereocenters. The van der Waals surface area contributed by atoms with E-state index >= 15 is 0 Å². The highest BCUT2D eigenvalue weighted by Gasteiger charge is 2.25. The molecule has 0 bridgehead atoms. The molecule has 0 aromatic carbocycles. The number of hydrogen-bond donors (Lipinski definition) is 1. The van der Waals surface area contributed by atoms with E-state index in [4.69, 9.17) is 0 Å². The topological polar surface area (TPSA) is 29.1 Å². The van der Waals surface area contributed by atoms with E-state index in [0.717, 1.165) is 38.6 Å². The molecule has 1 N–H and O–H groups in total. The van der Waals surface area contributed by atoms with Crippen LogP contribution in [0.2, 0.25) is 0 Å². The lowest BCUT2D eigenvalue weighted by Crippen LogP contribution is -2.23. The third-order valence-corrected chi connectivity index (χ3v) is 2.96. The molecule has 0 radical (unpaired) electrons. The molecule has 0 aliphatic heterocycles. The van der Waals surface area contributed by atoms with Crippen molar-refractivity contribution in [3.63, 3.8) is 0 Å². The molecule has 0 amide bonds. The lowest BCUT2D eigenvalue weighted by molar-refractivity contribution is -0.127. The van der Waals surface area contributed by atoms with Crippen molar-refractivity contribution >= 4 is 5.78 Å². The Morgan fingerprint density at radius 2 is 1.87 bits per heavy atom. The quantitative estimate of drug-likeness (QED) is 0.596. The molecule has 0 heterocycles. The number of carbonyl (C=O) groups excluding carboxylic acids is 1. The van der Waals surface area contributed by atoms with Gasteiger partial charge in [0.15, 0.2) is 0 Å². The number of unbranched alkanes of at least 4 members (excludes halogenated alkanes) is 2. The fourth-order valence-electron chi connectivity index (χ4n) is 1.87. The zero-order valence-corrected chi connectivity index (χ0v) is 10.9. The van der Waals surface area contributed by atoms with E-state index < -0.39 is 0 Å². The first-order chi connectivity index (χ1) is 7.04. The van der Waals surface area contributed by atoms with Gasteiger partial charge in [0.1, 0.15) is 5.78 Å². The molecule has 0 saturated carbocycles.